The zero-order valence-electron chi connectivity index (χ0n) is 15.4. The summed E-state index contributed by atoms with van der Waals surface area (Å²) in [5.74, 6) is 1.79. The Morgan fingerprint density at radius 3 is 2.76 bits per heavy atom. The Kier molecular flexibility index (Phi) is 5.34. The first-order chi connectivity index (χ1) is 12.0. The van der Waals surface area contributed by atoms with Crippen LogP contribution in [0.25, 0.3) is 10.2 Å². The summed E-state index contributed by atoms with van der Waals surface area (Å²) < 4.78 is 0. The van der Waals surface area contributed by atoms with Gasteiger partial charge in [-0.15, -0.1) is 11.3 Å². The van der Waals surface area contributed by atoms with E-state index >= 15 is 0 Å². The molecule has 0 aliphatic carbocycles. The van der Waals surface area contributed by atoms with Crippen molar-refractivity contribution in [2.75, 3.05) is 18.5 Å². The van der Waals surface area contributed by atoms with Gasteiger partial charge in [0.05, 0.1) is 23.3 Å². The van der Waals surface area contributed by atoms with Crippen molar-refractivity contribution >= 4 is 27.4 Å². The van der Waals surface area contributed by atoms with E-state index in [1.165, 1.54) is 10.4 Å². The van der Waals surface area contributed by atoms with Crippen LogP contribution in [0.4, 0.5) is 5.82 Å². The SMILES string of the molecule is CCCc1cc(CN(C)c2nc(CCN)nc3sc(C)c(C)c23)[nH]n1. The van der Waals surface area contributed by atoms with Crippen molar-refractivity contribution in [3.05, 3.63) is 33.7 Å². The van der Waals surface area contributed by atoms with Crippen LogP contribution in [-0.2, 0) is 19.4 Å². The van der Waals surface area contributed by atoms with E-state index in [2.05, 4.69) is 49.0 Å². The minimum absolute atomic E-state index is 0.554. The Morgan fingerprint density at radius 1 is 1.24 bits per heavy atom. The summed E-state index contributed by atoms with van der Waals surface area (Å²) in [7, 11) is 2.07. The molecule has 0 bridgehead atoms. The second kappa shape index (κ2) is 7.49. The van der Waals surface area contributed by atoms with Crippen LogP contribution >= 0.6 is 11.3 Å². The van der Waals surface area contributed by atoms with E-state index in [0.29, 0.717) is 13.0 Å². The number of aryl methyl sites for hydroxylation is 3. The largest absolute Gasteiger partial charge is 0.353 e. The average molecular weight is 359 g/mol. The minimum Gasteiger partial charge on any atom is -0.353 e. The number of nitrogens with two attached hydrogens (primary N) is 1. The predicted molar refractivity (Wildman–Crippen MR) is 104 cm³/mol. The third-order valence-electron chi connectivity index (χ3n) is 4.38. The number of fused-ring (bicyclic) bond motifs is 1. The molecule has 0 saturated carbocycles. The lowest BCUT2D eigenvalue weighted by molar-refractivity contribution is 0.824. The highest BCUT2D eigenvalue weighted by molar-refractivity contribution is 7.18. The fraction of sp³-hybridized carbons (Fsp3) is 0.500. The first-order valence-corrected chi connectivity index (χ1v) is 9.56. The van der Waals surface area contributed by atoms with Crippen LogP contribution in [0.5, 0.6) is 0 Å². The van der Waals surface area contributed by atoms with Gasteiger partial charge in [0.25, 0.3) is 0 Å². The molecule has 0 amide bonds. The van der Waals surface area contributed by atoms with Crippen molar-refractivity contribution in [1.82, 2.24) is 20.2 Å². The van der Waals surface area contributed by atoms with Gasteiger partial charge in [-0.25, -0.2) is 9.97 Å². The Hall–Kier alpha value is -1.99. The van der Waals surface area contributed by atoms with Crippen LogP contribution in [0.2, 0.25) is 0 Å². The number of rotatable bonds is 7. The molecule has 0 aromatic carbocycles. The summed E-state index contributed by atoms with van der Waals surface area (Å²) in [5.41, 5.74) is 9.19. The van der Waals surface area contributed by atoms with Crippen LogP contribution in [0, 0.1) is 13.8 Å². The molecule has 3 aromatic rings. The lowest BCUT2D eigenvalue weighted by atomic mass is 10.2. The number of nitrogens with zero attached hydrogens (tertiary/aromatic N) is 4. The van der Waals surface area contributed by atoms with E-state index in [1.807, 2.05) is 0 Å². The quantitative estimate of drug-likeness (QED) is 0.678. The predicted octanol–water partition coefficient (Wildman–Crippen LogP) is 3.12. The highest BCUT2D eigenvalue weighted by atomic mass is 32.1. The summed E-state index contributed by atoms with van der Waals surface area (Å²) in [6.45, 7) is 7.74. The summed E-state index contributed by atoms with van der Waals surface area (Å²) in [6.07, 6.45) is 2.79. The third-order valence-corrected chi connectivity index (χ3v) is 5.48. The third kappa shape index (κ3) is 3.67. The first kappa shape index (κ1) is 17.8. The molecule has 3 aromatic heterocycles. The summed E-state index contributed by atoms with van der Waals surface area (Å²) in [4.78, 5) is 14.0. The maximum Gasteiger partial charge on any atom is 0.141 e. The van der Waals surface area contributed by atoms with E-state index in [9.17, 15) is 0 Å². The topological polar surface area (TPSA) is 83.7 Å². The van der Waals surface area contributed by atoms with Crippen molar-refractivity contribution in [2.45, 2.75) is 46.6 Å². The molecule has 3 rings (SSSR count). The number of nitrogens with one attached hydrogen (secondary N) is 1. The van der Waals surface area contributed by atoms with E-state index in [-0.39, 0.29) is 0 Å². The Morgan fingerprint density at radius 2 is 2.04 bits per heavy atom. The lowest BCUT2D eigenvalue weighted by Crippen LogP contribution is -2.20. The number of aromatic amines is 1. The lowest BCUT2D eigenvalue weighted by Gasteiger charge is -2.19. The summed E-state index contributed by atoms with van der Waals surface area (Å²) >= 11 is 1.73. The number of thiophene rings is 1. The molecule has 25 heavy (non-hydrogen) atoms. The van der Waals surface area contributed by atoms with Crippen molar-refractivity contribution in [3.63, 3.8) is 0 Å². The second-order valence-corrected chi connectivity index (χ2v) is 7.66. The highest BCUT2D eigenvalue weighted by Crippen LogP contribution is 2.35. The molecule has 7 heteroatoms. The molecule has 3 heterocycles. The standard InChI is InChI=1S/C18H26N6S/c1-5-6-13-9-14(23-22-13)10-24(4)17-16-11(2)12(3)25-18(16)21-15(20-17)7-8-19/h9H,5-8,10,19H2,1-4H3,(H,22,23). The van der Waals surface area contributed by atoms with Gasteiger partial charge in [-0.05, 0) is 38.4 Å². The number of anilines is 1. The number of H-pyrrole nitrogens is 1. The van der Waals surface area contributed by atoms with Gasteiger partial charge in [0.15, 0.2) is 0 Å². The van der Waals surface area contributed by atoms with Gasteiger partial charge in [0.1, 0.15) is 16.5 Å². The minimum atomic E-state index is 0.554. The molecule has 6 nitrogen and oxygen atoms in total. The highest BCUT2D eigenvalue weighted by Gasteiger charge is 2.18. The van der Waals surface area contributed by atoms with E-state index in [1.54, 1.807) is 11.3 Å². The fourth-order valence-corrected chi connectivity index (χ4v) is 4.04. The molecule has 0 saturated heterocycles. The normalized spacial score (nSPS) is 11.4. The van der Waals surface area contributed by atoms with E-state index in [0.717, 1.165) is 52.6 Å². The summed E-state index contributed by atoms with van der Waals surface area (Å²) in [5, 5.41) is 8.68. The average Bonchev–Trinajstić information content (AvgIpc) is 3.12. The number of hydrogen-bond acceptors (Lipinski definition) is 6. The van der Waals surface area contributed by atoms with Crippen molar-refractivity contribution < 1.29 is 0 Å². The van der Waals surface area contributed by atoms with Gasteiger partial charge in [-0.3, -0.25) is 5.10 Å². The number of aromatic nitrogens is 4. The Bertz CT molecular complexity index is 866. The molecular formula is C18H26N6S. The molecule has 0 aliphatic heterocycles. The molecule has 0 aliphatic rings. The van der Waals surface area contributed by atoms with E-state index < -0.39 is 0 Å². The van der Waals surface area contributed by atoms with Crippen LogP contribution in [0.3, 0.4) is 0 Å². The molecule has 0 fully saturated rings. The van der Waals surface area contributed by atoms with Crippen molar-refractivity contribution in [2.24, 2.45) is 5.73 Å². The molecule has 0 spiro atoms. The van der Waals surface area contributed by atoms with Crippen molar-refractivity contribution in [3.8, 4) is 0 Å². The van der Waals surface area contributed by atoms with Crippen LogP contribution < -0.4 is 10.6 Å². The maximum atomic E-state index is 5.72. The van der Waals surface area contributed by atoms with Gasteiger partial charge in [0, 0.05) is 18.3 Å². The van der Waals surface area contributed by atoms with Gasteiger partial charge in [-0.1, -0.05) is 13.3 Å². The smallest absolute Gasteiger partial charge is 0.141 e. The van der Waals surface area contributed by atoms with E-state index in [4.69, 9.17) is 15.7 Å². The molecule has 134 valence electrons. The first-order valence-electron chi connectivity index (χ1n) is 8.74. The Labute approximate surface area is 152 Å². The van der Waals surface area contributed by atoms with Crippen LogP contribution in [0.1, 0.15) is 41.0 Å². The monoisotopic (exact) mass is 358 g/mol. The zero-order chi connectivity index (χ0) is 18.0. The maximum absolute atomic E-state index is 5.72. The van der Waals surface area contributed by atoms with Crippen molar-refractivity contribution in [1.29, 1.82) is 0 Å². The molecule has 0 unspecified atom stereocenters. The van der Waals surface area contributed by atoms with Gasteiger partial charge < -0.3 is 10.6 Å². The zero-order valence-corrected chi connectivity index (χ0v) is 16.2. The van der Waals surface area contributed by atoms with Gasteiger partial charge >= 0.3 is 0 Å². The van der Waals surface area contributed by atoms with Gasteiger partial charge in [0.2, 0.25) is 0 Å². The van der Waals surface area contributed by atoms with Gasteiger partial charge in [-0.2, -0.15) is 5.10 Å². The van der Waals surface area contributed by atoms with Crippen LogP contribution in [-0.4, -0.2) is 33.8 Å². The Balaban J connectivity index is 1.96. The molecule has 0 atom stereocenters. The molecular weight excluding hydrogens is 332 g/mol. The fourth-order valence-electron chi connectivity index (χ4n) is 2.99. The van der Waals surface area contributed by atoms with Crippen LogP contribution in [0.15, 0.2) is 6.07 Å². The number of hydrogen-bond donors (Lipinski definition) is 2. The second-order valence-electron chi connectivity index (χ2n) is 6.46. The summed E-state index contributed by atoms with van der Waals surface area (Å²) in [6, 6.07) is 2.14. The molecule has 3 N–H and O–H groups in total. The molecule has 0 radical (unpaired) electrons.